The van der Waals surface area contributed by atoms with E-state index >= 15 is 0 Å². The molecule has 2 heterocycles. The molecule has 27 heavy (non-hydrogen) atoms. The highest BCUT2D eigenvalue weighted by molar-refractivity contribution is 6.03. The van der Waals surface area contributed by atoms with Crippen LogP contribution in [0.2, 0.25) is 0 Å². The first-order chi connectivity index (χ1) is 13.2. The predicted molar refractivity (Wildman–Crippen MR) is 102 cm³/mol. The largest absolute Gasteiger partial charge is 0.465 e. The molecule has 0 saturated carbocycles. The topological polar surface area (TPSA) is 93.2 Å². The maximum Gasteiger partial charge on any atom is 0.337 e. The lowest BCUT2D eigenvalue weighted by Gasteiger charge is -2.09. The highest BCUT2D eigenvalue weighted by Crippen LogP contribution is 2.14. The summed E-state index contributed by atoms with van der Waals surface area (Å²) in [5, 5.41) is 5.99. The fraction of sp³-hybridized carbons (Fsp3) is 0.100. The summed E-state index contributed by atoms with van der Waals surface area (Å²) in [6, 6.07) is 13.7. The number of hydrogen-bond acceptors (Lipinski definition) is 6. The molecule has 0 saturated heterocycles. The number of ether oxygens (including phenoxy) is 1. The second-order valence-corrected chi connectivity index (χ2v) is 5.67. The van der Waals surface area contributed by atoms with Crippen molar-refractivity contribution in [3.63, 3.8) is 0 Å². The van der Waals surface area contributed by atoms with Gasteiger partial charge in [0.15, 0.2) is 0 Å². The van der Waals surface area contributed by atoms with Crippen LogP contribution in [-0.4, -0.2) is 29.0 Å². The zero-order valence-corrected chi connectivity index (χ0v) is 14.7. The van der Waals surface area contributed by atoms with E-state index in [4.69, 9.17) is 0 Å². The Morgan fingerprint density at radius 2 is 1.85 bits per heavy atom. The van der Waals surface area contributed by atoms with Gasteiger partial charge in [-0.1, -0.05) is 6.07 Å². The maximum absolute atomic E-state index is 12.4. The Balaban J connectivity index is 1.63. The lowest BCUT2D eigenvalue weighted by molar-refractivity contribution is 0.0600. The lowest BCUT2D eigenvalue weighted by atomic mass is 10.2. The van der Waals surface area contributed by atoms with Gasteiger partial charge in [0.2, 0.25) is 0 Å². The van der Waals surface area contributed by atoms with E-state index in [0.29, 0.717) is 17.8 Å². The zero-order valence-electron chi connectivity index (χ0n) is 14.7. The molecule has 0 spiro atoms. The Morgan fingerprint density at radius 3 is 2.56 bits per heavy atom. The van der Waals surface area contributed by atoms with Crippen LogP contribution in [0.5, 0.6) is 0 Å². The Morgan fingerprint density at radius 1 is 1.04 bits per heavy atom. The number of benzene rings is 1. The molecule has 2 N–H and O–H groups in total. The summed E-state index contributed by atoms with van der Waals surface area (Å²) >= 11 is 0. The smallest absolute Gasteiger partial charge is 0.337 e. The molecule has 7 heteroatoms. The second kappa shape index (κ2) is 8.57. The number of carbonyl (C=O) groups excluding carboxylic acids is 2. The second-order valence-electron chi connectivity index (χ2n) is 5.67. The number of amides is 1. The van der Waals surface area contributed by atoms with Crippen molar-refractivity contribution in [2.45, 2.75) is 6.54 Å². The standard InChI is InChI=1S/C20H18N4O3/c1-27-20(26)15-4-6-16(7-5-15)24-19(25)18-11-17(8-10-22-18)23-13-14-3-2-9-21-12-14/h2-12H,13H2,1H3,(H,22,23)(H,24,25). The number of hydrogen-bond donors (Lipinski definition) is 2. The van der Waals surface area contributed by atoms with E-state index in [-0.39, 0.29) is 11.6 Å². The summed E-state index contributed by atoms with van der Waals surface area (Å²) in [5.41, 5.74) is 3.06. The predicted octanol–water partition coefficient (Wildman–Crippen LogP) is 3.13. The average Bonchev–Trinajstić information content (AvgIpc) is 2.73. The molecule has 0 bridgehead atoms. The van der Waals surface area contributed by atoms with Crippen molar-refractivity contribution in [3.8, 4) is 0 Å². The summed E-state index contributed by atoms with van der Waals surface area (Å²) < 4.78 is 4.65. The lowest BCUT2D eigenvalue weighted by Crippen LogP contribution is -2.14. The molecule has 1 aromatic carbocycles. The summed E-state index contributed by atoms with van der Waals surface area (Å²) in [6.07, 6.45) is 5.07. The molecule has 1 amide bonds. The third-order valence-corrected chi connectivity index (χ3v) is 3.78. The molecule has 3 rings (SSSR count). The molecule has 0 fully saturated rings. The fourth-order valence-corrected chi connectivity index (χ4v) is 2.37. The number of rotatable bonds is 6. The maximum atomic E-state index is 12.4. The Labute approximate surface area is 156 Å². The van der Waals surface area contributed by atoms with Crippen molar-refractivity contribution in [1.29, 1.82) is 0 Å². The number of methoxy groups -OCH3 is 1. The van der Waals surface area contributed by atoms with Gasteiger partial charge in [-0.15, -0.1) is 0 Å². The first-order valence-electron chi connectivity index (χ1n) is 8.24. The Hall–Kier alpha value is -3.74. The minimum Gasteiger partial charge on any atom is -0.465 e. The number of anilines is 2. The van der Waals surface area contributed by atoms with Crippen molar-refractivity contribution < 1.29 is 14.3 Å². The first kappa shape index (κ1) is 18.1. The van der Waals surface area contributed by atoms with Crippen LogP contribution < -0.4 is 10.6 Å². The number of aromatic nitrogens is 2. The summed E-state index contributed by atoms with van der Waals surface area (Å²) in [5.74, 6) is -0.771. The molecule has 136 valence electrons. The van der Waals surface area contributed by atoms with E-state index in [0.717, 1.165) is 11.3 Å². The first-order valence-corrected chi connectivity index (χ1v) is 8.24. The van der Waals surface area contributed by atoms with Crippen molar-refractivity contribution in [2.75, 3.05) is 17.7 Å². The number of pyridine rings is 2. The molecule has 0 unspecified atom stereocenters. The Bertz CT molecular complexity index is 927. The van der Waals surface area contributed by atoms with Crippen LogP contribution in [-0.2, 0) is 11.3 Å². The van der Waals surface area contributed by atoms with Gasteiger partial charge in [0, 0.05) is 36.5 Å². The highest BCUT2D eigenvalue weighted by atomic mass is 16.5. The van der Waals surface area contributed by atoms with Crippen molar-refractivity contribution in [3.05, 3.63) is 83.9 Å². The van der Waals surface area contributed by atoms with Crippen LogP contribution in [0.15, 0.2) is 67.1 Å². The zero-order chi connectivity index (χ0) is 19.1. The number of nitrogens with zero attached hydrogens (tertiary/aromatic N) is 2. The highest BCUT2D eigenvalue weighted by Gasteiger charge is 2.10. The summed E-state index contributed by atoms with van der Waals surface area (Å²) in [6.45, 7) is 0.591. The van der Waals surface area contributed by atoms with Gasteiger partial charge in [-0.2, -0.15) is 0 Å². The average molecular weight is 362 g/mol. The summed E-state index contributed by atoms with van der Waals surface area (Å²) in [7, 11) is 1.32. The minimum atomic E-state index is -0.429. The molecular formula is C20H18N4O3. The van der Waals surface area contributed by atoms with Crippen LogP contribution in [0.1, 0.15) is 26.4 Å². The van der Waals surface area contributed by atoms with Gasteiger partial charge in [-0.05, 0) is 48.0 Å². The van der Waals surface area contributed by atoms with Gasteiger partial charge < -0.3 is 15.4 Å². The molecule has 2 aromatic heterocycles. The van der Waals surface area contributed by atoms with Gasteiger partial charge in [0.1, 0.15) is 5.69 Å². The molecule has 0 aliphatic carbocycles. The van der Waals surface area contributed by atoms with E-state index in [1.165, 1.54) is 7.11 Å². The number of esters is 1. The molecule has 3 aromatic rings. The third-order valence-electron chi connectivity index (χ3n) is 3.78. The number of nitrogens with one attached hydrogen (secondary N) is 2. The monoisotopic (exact) mass is 362 g/mol. The SMILES string of the molecule is COC(=O)c1ccc(NC(=O)c2cc(NCc3cccnc3)ccn2)cc1. The molecule has 0 radical (unpaired) electrons. The van der Waals surface area contributed by atoms with Gasteiger partial charge in [0.25, 0.3) is 5.91 Å². The van der Waals surface area contributed by atoms with Crippen LogP contribution >= 0.6 is 0 Å². The normalized spacial score (nSPS) is 10.1. The molecule has 0 aliphatic rings. The van der Waals surface area contributed by atoms with E-state index in [1.54, 1.807) is 55.0 Å². The Kier molecular flexibility index (Phi) is 5.73. The minimum absolute atomic E-state index is 0.281. The molecule has 7 nitrogen and oxygen atoms in total. The third kappa shape index (κ3) is 4.88. The van der Waals surface area contributed by atoms with Crippen molar-refractivity contribution in [1.82, 2.24) is 9.97 Å². The van der Waals surface area contributed by atoms with E-state index in [1.807, 2.05) is 12.1 Å². The van der Waals surface area contributed by atoms with Crippen molar-refractivity contribution in [2.24, 2.45) is 0 Å². The molecule has 0 atom stereocenters. The quantitative estimate of drug-likeness (QED) is 0.655. The van der Waals surface area contributed by atoms with Gasteiger partial charge >= 0.3 is 5.97 Å². The van der Waals surface area contributed by atoms with E-state index in [9.17, 15) is 9.59 Å². The van der Waals surface area contributed by atoms with Crippen LogP contribution in [0.4, 0.5) is 11.4 Å². The van der Waals surface area contributed by atoms with E-state index < -0.39 is 5.97 Å². The summed E-state index contributed by atoms with van der Waals surface area (Å²) in [4.78, 5) is 32.0. The van der Waals surface area contributed by atoms with Gasteiger partial charge in [0.05, 0.1) is 12.7 Å². The van der Waals surface area contributed by atoms with Crippen LogP contribution in [0.25, 0.3) is 0 Å². The van der Waals surface area contributed by atoms with E-state index in [2.05, 4.69) is 25.3 Å². The van der Waals surface area contributed by atoms with Crippen LogP contribution in [0, 0.1) is 0 Å². The van der Waals surface area contributed by atoms with Gasteiger partial charge in [-0.25, -0.2) is 4.79 Å². The molecule has 0 aliphatic heterocycles. The van der Waals surface area contributed by atoms with Crippen LogP contribution in [0.3, 0.4) is 0 Å². The van der Waals surface area contributed by atoms with Gasteiger partial charge in [-0.3, -0.25) is 14.8 Å². The van der Waals surface area contributed by atoms with Crippen molar-refractivity contribution >= 4 is 23.3 Å². The fourth-order valence-electron chi connectivity index (χ4n) is 2.37. The number of carbonyl (C=O) groups is 2. The molecular weight excluding hydrogens is 344 g/mol.